The standard InChI is InChI=1S/C31H24ClFN6O2/c32-26-13-5-4-11-23(26)25-19-37-38-28(25)22-17-27(31(41)36-18-21-9-2-1-3-10-21)39(20-22)16-7-6-14-35-30(40)24-12-8-15-34-29(24)33/h1-5,8-13,15,17,19-20H,14,16,18H2,(H,35,40)(H,36,41)(H,37,38). The molecule has 0 saturated heterocycles. The molecule has 10 heteroatoms. The first-order valence-electron chi connectivity index (χ1n) is 12.7. The van der Waals surface area contributed by atoms with Crippen LogP contribution in [-0.2, 0) is 13.1 Å². The number of benzene rings is 2. The molecular weight excluding hydrogens is 543 g/mol. The van der Waals surface area contributed by atoms with Crippen LogP contribution in [0.1, 0.15) is 26.4 Å². The number of nitrogens with zero attached hydrogens (tertiary/aromatic N) is 3. The Morgan fingerprint density at radius 2 is 1.76 bits per heavy atom. The molecule has 0 fully saturated rings. The largest absolute Gasteiger partial charge is 0.347 e. The zero-order valence-corrected chi connectivity index (χ0v) is 22.5. The molecule has 2 aromatic carbocycles. The van der Waals surface area contributed by atoms with Gasteiger partial charge in [0.05, 0.1) is 30.5 Å². The lowest BCUT2D eigenvalue weighted by Crippen LogP contribution is -2.25. The van der Waals surface area contributed by atoms with Crippen molar-refractivity contribution in [2.45, 2.75) is 13.1 Å². The van der Waals surface area contributed by atoms with E-state index in [1.54, 1.807) is 22.9 Å². The molecule has 2 amide bonds. The number of rotatable bonds is 8. The summed E-state index contributed by atoms with van der Waals surface area (Å²) in [7, 11) is 0. The van der Waals surface area contributed by atoms with Gasteiger partial charge in [0.1, 0.15) is 5.69 Å². The van der Waals surface area contributed by atoms with Crippen molar-refractivity contribution in [3.05, 3.63) is 119 Å². The van der Waals surface area contributed by atoms with E-state index in [1.807, 2.05) is 54.7 Å². The van der Waals surface area contributed by atoms with E-state index < -0.39 is 11.9 Å². The first kappa shape index (κ1) is 27.4. The Bertz CT molecular complexity index is 1750. The molecule has 0 saturated carbocycles. The number of aromatic amines is 1. The highest BCUT2D eigenvalue weighted by Crippen LogP contribution is 2.35. The number of halogens is 2. The molecule has 0 unspecified atom stereocenters. The van der Waals surface area contributed by atoms with Gasteiger partial charge < -0.3 is 15.2 Å². The van der Waals surface area contributed by atoms with Crippen LogP contribution in [0, 0.1) is 17.8 Å². The average molecular weight is 567 g/mol. The monoisotopic (exact) mass is 566 g/mol. The van der Waals surface area contributed by atoms with Crippen LogP contribution >= 0.6 is 11.6 Å². The zero-order chi connectivity index (χ0) is 28.6. The van der Waals surface area contributed by atoms with Crippen LogP contribution < -0.4 is 10.6 Å². The highest BCUT2D eigenvalue weighted by atomic mass is 35.5. The number of pyridine rings is 1. The minimum atomic E-state index is -0.848. The van der Waals surface area contributed by atoms with Gasteiger partial charge in [0, 0.05) is 40.7 Å². The third kappa shape index (κ3) is 6.52. The van der Waals surface area contributed by atoms with Crippen molar-refractivity contribution < 1.29 is 14.0 Å². The van der Waals surface area contributed by atoms with Crippen molar-refractivity contribution in [2.24, 2.45) is 0 Å². The molecule has 3 N–H and O–H groups in total. The molecule has 0 aliphatic heterocycles. The molecule has 0 aliphatic carbocycles. The van der Waals surface area contributed by atoms with Crippen LogP contribution in [0.15, 0.2) is 91.4 Å². The minimum absolute atomic E-state index is 0.00592. The third-order valence-corrected chi connectivity index (χ3v) is 6.56. The number of hydrogen-bond donors (Lipinski definition) is 3. The van der Waals surface area contributed by atoms with Crippen LogP contribution in [0.2, 0.25) is 5.02 Å². The van der Waals surface area contributed by atoms with Gasteiger partial charge in [-0.25, -0.2) is 4.98 Å². The highest BCUT2D eigenvalue weighted by Gasteiger charge is 2.19. The summed E-state index contributed by atoms with van der Waals surface area (Å²) in [5, 5.41) is 13.3. The van der Waals surface area contributed by atoms with Crippen molar-refractivity contribution in [1.29, 1.82) is 0 Å². The van der Waals surface area contributed by atoms with Gasteiger partial charge in [0.2, 0.25) is 5.95 Å². The summed E-state index contributed by atoms with van der Waals surface area (Å²) in [5.41, 5.74) is 4.23. The molecule has 0 spiro atoms. The maximum atomic E-state index is 13.7. The molecule has 204 valence electrons. The summed E-state index contributed by atoms with van der Waals surface area (Å²) < 4.78 is 15.5. The van der Waals surface area contributed by atoms with Crippen molar-refractivity contribution >= 4 is 23.4 Å². The van der Waals surface area contributed by atoms with Gasteiger partial charge in [-0.1, -0.05) is 72.0 Å². The lowest BCUT2D eigenvalue weighted by molar-refractivity contribution is 0.0938. The van der Waals surface area contributed by atoms with Crippen LogP contribution in [0.3, 0.4) is 0 Å². The number of nitrogens with one attached hydrogen (secondary N) is 3. The number of carbonyl (C=O) groups is 2. The number of amides is 2. The van der Waals surface area contributed by atoms with E-state index in [9.17, 15) is 14.0 Å². The predicted octanol–water partition coefficient (Wildman–Crippen LogP) is 5.10. The molecule has 5 rings (SSSR count). The molecule has 0 aliphatic rings. The summed E-state index contributed by atoms with van der Waals surface area (Å²) in [6.07, 6.45) is 4.77. The molecule has 0 bridgehead atoms. The second kappa shape index (κ2) is 12.8. The quantitative estimate of drug-likeness (QED) is 0.180. The Labute approximate surface area is 240 Å². The van der Waals surface area contributed by atoms with Gasteiger partial charge in [0.25, 0.3) is 11.8 Å². The molecule has 0 atom stereocenters. The number of hydrogen-bond acceptors (Lipinski definition) is 4. The van der Waals surface area contributed by atoms with Crippen molar-refractivity contribution in [3.8, 4) is 34.2 Å². The zero-order valence-electron chi connectivity index (χ0n) is 21.7. The predicted molar refractivity (Wildman–Crippen MR) is 154 cm³/mol. The minimum Gasteiger partial charge on any atom is -0.347 e. The molecule has 0 radical (unpaired) electrons. The topological polar surface area (TPSA) is 105 Å². The van der Waals surface area contributed by atoms with Crippen molar-refractivity contribution in [3.63, 3.8) is 0 Å². The van der Waals surface area contributed by atoms with E-state index in [0.717, 1.165) is 22.3 Å². The summed E-state index contributed by atoms with van der Waals surface area (Å²) in [6.45, 7) is 0.520. The second-order valence-corrected chi connectivity index (χ2v) is 9.33. The summed E-state index contributed by atoms with van der Waals surface area (Å²) in [5.74, 6) is 4.08. The molecule has 8 nitrogen and oxygen atoms in total. The molecule has 41 heavy (non-hydrogen) atoms. The Hall–Kier alpha value is -5.20. The van der Waals surface area contributed by atoms with Crippen molar-refractivity contribution in [1.82, 2.24) is 30.4 Å². The lowest BCUT2D eigenvalue weighted by atomic mass is 10.0. The fourth-order valence-electron chi connectivity index (χ4n) is 4.21. The van der Waals surface area contributed by atoms with Gasteiger partial charge in [-0.05, 0) is 29.8 Å². The first-order chi connectivity index (χ1) is 20.0. The van der Waals surface area contributed by atoms with Gasteiger partial charge in [-0.2, -0.15) is 9.49 Å². The Kier molecular flexibility index (Phi) is 8.52. The van der Waals surface area contributed by atoms with Gasteiger partial charge in [-0.3, -0.25) is 14.7 Å². The smallest absolute Gasteiger partial charge is 0.268 e. The Morgan fingerprint density at radius 1 is 0.951 bits per heavy atom. The first-order valence-corrected chi connectivity index (χ1v) is 13.0. The Morgan fingerprint density at radius 3 is 2.56 bits per heavy atom. The van der Waals surface area contributed by atoms with E-state index in [-0.39, 0.29) is 24.6 Å². The molecular formula is C31H24ClFN6O2. The Balaban J connectivity index is 1.37. The number of carbonyl (C=O) groups excluding carboxylic acids is 2. The fraction of sp³-hybridized carbons (Fsp3) is 0.0968. The van der Waals surface area contributed by atoms with Crippen LogP contribution in [0.25, 0.3) is 22.4 Å². The molecule has 5 aromatic rings. The average Bonchev–Trinajstić information content (AvgIpc) is 3.64. The van der Waals surface area contributed by atoms with Gasteiger partial charge in [0.15, 0.2) is 0 Å². The van der Waals surface area contributed by atoms with Gasteiger partial charge in [-0.15, -0.1) is 0 Å². The van der Waals surface area contributed by atoms with Crippen LogP contribution in [0.4, 0.5) is 4.39 Å². The fourth-order valence-corrected chi connectivity index (χ4v) is 4.44. The molecule has 3 aromatic heterocycles. The number of H-pyrrole nitrogens is 1. The van der Waals surface area contributed by atoms with Crippen LogP contribution in [0.5, 0.6) is 0 Å². The lowest BCUT2D eigenvalue weighted by Gasteiger charge is -2.07. The maximum Gasteiger partial charge on any atom is 0.268 e. The normalized spacial score (nSPS) is 10.5. The van der Waals surface area contributed by atoms with E-state index in [4.69, 9.17) is 11.6 Å². The summed E-state index contributed by atoms with van der Waals surface area (Å²) >= 11 is 6.45. The molecule has 3 heterocycles. The summed E-state index contributed by atoms with van der Waals surface area (Å²) in [4.78, 5) is 29.0. The van der Waals surface area contributed by atoms with E-state index in [0.29, 0.717) is 23.0 Å². The van der Waals surface area contributed by atoms with E-state index >= 15 is 0 Å². The SMILES string of the molecule is O=C(NCC#CCn1cc(-c2[nH]ncc2-c2ccccc2Cl)cc1C(=O)NCc1ccccc1)c1cccnc1F. The van der Waals surface area contributed by atoms with E-state index in [2.05, 4.69) is 37.7 Å². The number of aromatic nitrogens is 4. The second-order valence-electron chi connectivity index (χ2n) is 8.93. The van der Waals surface area contributed by atoms with Crippen LogP contribution in [-0.4, -0.2) is 38.1 Å². The van der Waals surface area contributed by atoms with Crippen molar-refractivity contribution in [2.75, 3.05) is 6.54 Å². The highest BCUT2D eigenvalue weighted by molar-refractivity contribution is 6.33. The maximum absolute atomic E-state index is 13.7. The van der Waals surface area contributed by atoms with Gasteiger partial charge >= 0.3 is 0 Å². The summed E-state index contributed by atoms with van der Waals surface area (Å²) in [6, 6.07) is 21.6. The van der Waals surface area contributed by atoms with E-state index in [1.165, 1.54) is 18.3 Å². The third-order valence-electron chi connectivity index (χ3n) is 6.23.